The molecule has 1 N–H and O–H groups in total. The first-order valence-corrected chi connectivity index (χ1v) is 5.61. The fourth-order valence-corrected chi connectivity index (χ4v) is 2.74. The molecule has 0 aromatic rings. The molecule has 2 rings (SSSR count). The molecule has 1 aliphatic carbocycles. The molecule has 1 saturated carbocycles. The molecule has 2 fully saturated rings. The maximum atomic E-state index is 11.7. The Hall–Kier alpha value is -0.570. The van der Waals surface area contributed by atoms with Crippen LogP contribution in [-0.4, -0.2) is 35.1 Å². The molecule has 0 aromatic heterocycles. The van der Waals surface area contributed by atoms with Gasteiger partial charge in [-0.3, -0.25) is 4.79 Å². The molecule has 3 atom stereocenters. The summed E-state index contributed by atoms with van der Waals surface area (Å²) in [5.41, 5.74) is 0. The van der Waals surface area contributed by atoms with Gasteiger partial charge in [-0.15, -0.1) is 0 Å². The summed E-state index contributed by atoms with van der Waals surface area (Å²) in [6.45, 7) is 3.20. The van der Waals surface area contributed by atoms with Gasteiger partial charge in [-0.2, -0.15) is 0 Å². The van der Waals surface area contributed by atoms with Crippen molar-refractivity contribution in [2.24, 2.45) is 11.8 Å². The van der Waals surface area contributed by atoms with Gasteiger partial charge in [0.15, 0.2) is 0 Å². The molecule has 1 aliphatic heterocycles. The number of nitrogens with zero attached hydrogens (tertiary/aromatic N) is 1. The summed E-state index contributed by atoms with van der Waals surface area (Å²) in [4.78, 5) is 13.7. The first-order valence-electron chi connectivity index (χ1n) is 5.61. The van der Waals surface area contributed by atoms with Gasteiger partial charge in [0, 0.05) is 31.5 Å². The van der Waals surface area contributed by atoms with E-state index in [0.29, 0.717) is 12.5 Å². The first kappa shape index (κ1) is 9.97. The molecule has 1 saturated heterocycles. The fraction of sp³-hybridized carbons (Fsp3) is 0.909. The Morgan fingerprint density at radius 2 is 2.29 bits per heavy atom. The monoisotopic (exact) mass is 197 g/mol. The zero-order valence-corrected chi connectivity index (χ0v) is 8.78. The molecule has 3 nitrogen and oxygen atoms in total. The Balaban J connectivity index is 1.95. The molecule has 2 aliphatic rings. The van der Waals surface area contributed by atoms with E-state index in [2.05, 4.69) is 6.92 Å². The summed E-state index contributed by atoms with van der Waals surface area (Å²) in [5.74, 6) is 1.21. The van der Waals surface area contributed by atoms with Crippen LogP contribution in [0.5, 0.6) is 0 Å². The minimum absolute atomic E-state index is 0.157. The van der Waals surface area contributed by atoms with Crippen molar-refractivity contribution >= 4 is 5.91 Å². The van der Waals surface area contributed by atoms with Crippen LogP contribution < -0.4 is 0 Å². The zero-order chi connectivity index (χ0) is 10.1. The second-order valence-electron chi connectivity index (χ2n) is 4.87. The number of rotatable bonds is 2. The van der Waals surface area contributed by atoms with E-state index in [1.807, 2.05) is 4.90 Å². The minimum atomic E-state index is 0.157. The van der Waals surface area contributed by atoms with Gasteiger partial charge < -0.3 is 10.0 Å². The fourth-order valence-electron chi connectivity index (χ4n) is 2.74. The van der Waals surface area contributed by atoms with E-state index in [-0.39, 0.29) is 18.4 Å². The molecule has 0 bridgehead atoms. The largest absolute Gasteiger partial charge is 0.396 e. The van der Waals surface area contributed by atoms with Gasteiger partial charge in [0.2, 0.25) is 5.91 Å². The maximum Gasteiger partial charge on any atom is 0.223 e. The van der Waals surface area contributed by atoms with E-state index in [9.17, 15) is 4.79 Å². The van der Waals surface area contributed by atoms with Gasteiger partial charge in [0.05, 0.1) is 0 Å². The standard InChI is InChI=1S/C11H19NO2/c1-8-2-3-10(4-8)12-6-9(7-13)5-11(12)14/h8-10,13H,2-7H2,1H3. The van der Waals surface area contributed by atoms with Crippen LogP contribution in [0.25, 0.3) is 0 Å². The third kappa shape index (κ3) is 1.78. The SMILES string of the molecule is CC1CCC(N2CC(CO)CC2=O)C1. The van der Waals surface area contributed by atoms with E-state index in [1.165, 1.54) is 6.42 Å². The molecule has 0 aromatic carbocycles. The molecule has 0 radical (unpaired) electrons. The van der Waals surface area contributed by atoms with Crippen molar-refractivity contribution in [3.05, 3.63) is 0 Å². The lowest BCUT2D eigenvalue weighted by molar-refractivity contribution is -0.129. The Kier molecular flexibility index (Phi) is 2.77. The second kappa shape index (κ2) is 3.89. The van der Waals surface area contributed by atoms with E-state index >= 15 is 0 Å². The van der Waals surface area contributed by atoms with Crippen LogP contribution in [0.2, 0.25) is 0 Å². The van der Waals surface area contributed by atoms with Crippen molar-refractivity contribution in [3.63, 3.8) is 0 Å². The van der Waals surface area contributed by atoms with Crippen LogP contribution in [0.4, 0.5) is 0 Å². The Morgan fingerprint density at radius 3 is 2.79 bits per heavy atom. The maximum absolute atomic E-state index is 11.7. The highest BCUT2D eigenvalue weighted by atomic mass is 16.3. The number of amides is 1. The first-order chi connectivity index (χ1) is 6.70. The van der Waals surface area contributed by atoms with E-state index in [4.69, 9.17) is 5.11 Å². The third-order valence-corrected chi connectivity index (χ3v) is 3.60. The van der Waals surface area contributed by atoms with Gasteiger partial charge in [-0.05, 0) is 25.2 Å². The predicted octanol–water partition coefficient (Wildman–Crippen LogP) is 1.02. The molecule has 80 valence electrons. The van der Waals surface area contributed by atoms with Crippen LogP contribution >= 0.6 is 0 Å². The number of carbonyl (C=O) groups is 1. The average Bonchev–Trinajstić information content (AvgIpc) is 2.71. The number of aliphatic hydroxyl groups excluding tert-OH is 1. The summed E-state index contributed by atoms with van der Waals surface area (Å²) in [6, 6.07) is 0.467. The number of hydrogen-bond acceptors (Lipinski definition) is 2. The Labute approximate surface area is 85.1 Å². The topological polar surface area (TPSA) is 40.5 Å². The van der Waals surface area contributed by atoms with Crippen molar-refractivity contribution in [3.8, 4) is 0 Å². The highest BCUT2D eigenvalue weighted by molar-refractivity contribution is 5.79. The molecular formula is C11H19NO2. The van der Waals surface area contributed by atoms with Gasteiger partial charge in [0.1, 0.15) is 0 Å². The second-order valence-corrected chi connectivity index (χ2v) is 4.87. The average molecular weight is 197 g/mol. The van der Waals surface area contributed by atoms with Crippen LogP contribution in [0, 0.1) is 11.8 Å². The quantitative estimate of drug-likeness (QED) is 0.718. The molecule has 14 heavy (non-hydrogen) atoms. The molecule has 0 spiro atoms. The lowest BCUT2D eigenvalue weighted by Gasteiger charge is -2.24. The number of hydrogen-bond donors (Lipinski definition) is 1. The van der Waals surface area contributed by atoms with E-state index in [0.717, 1.165) is 25.3 Å². The summed E-state index contributed by atoms with van der Waals surface area (Å²) < 4.78 is 0. The number of carbonyl (C=O) groups excluding carboxylic acids is 1. The lowest BCUT2D eigenvalue weighted by Crippen LogP contribution is -2.35. The normalized spacial score (nSPS) is 38.3. The summed E-state index contributed by atoms with van der Waals surface area (Å²) in [6.07, 6.45) is 4.12. The zero-order valence-electron chi connectivity index (χ0n) is 8.78. The van der Waals surface area contributed by atoms with Crippen molar-refractivity contribution in [1.82, 2.24) is 4.90 Å². The Bertz CT molecular complexity index is 229. The molecule has 3 heteroatoms. The lowest BCUT2D eigenvalue weighted by atomic mass is 10.1. The van der Waals surface area contributed by atoms with Gasteiger partial charge in [-0.25, -0.2) is 0 Å². The van der Waals surface area contributed by atoms with Gasteiger partial charge in [0.25, 0.3) is 0 Å². The Morgan fingerprint density at radius 1 is 1.50 bits per heavy atom. The van der Waals surface area contributed by atoms with E-state index < -0.39 is 0 Å². The number of likely N-dealkylation sites (tertiary alicyclic amines) is 1. The van der Waals surface area contributed by atoms with Gasteiger partial charge >= 0.3 is 0 Å². The third-order valence-electron chi connectivity index (χ3n) is 3.60. The van der Waals surface area contributed by atoms with Crippen LogP contribution in [-0.2, 0) is 4.79 Å². The van der Waals surface area contributed by atoms with Crippen molar-refractivity contribution in [2.45, 2.75) is 38.6 Å². The van der Waals surface area contributed by atoms with Crippen molar-refractivity contribution < 1.29 is 9.90 Å². The summed E-state index contributed by atoms with van der Waals surface area (Å²) in [7, 11) is 0. The molecular weight excluding hydrogens is 178 g/mol. The highest BCUT2D eigenvalue weighted by Gasteiger charge is 2.36. The van der Waals surface area contributed by atoms with Crippen molar-refractivity contribution in [2.75, 3.05) is 13.2 Å². The summed E-state index contributed by atoms with van der Waals surface area (Å²) in [5, 5.41) is 9.02. The van der Waals surface area contributed by atoms with Crippen LogP contribution in [0.1, 0.15) is 32.6 Å². The highest BCUT2D eigenvalue weighted by Crippen LogP contribution is 2.32. The number of aliphatic hydroxyl groups is 1. The van der Waals surface area contributed by atoms with Crippen LogP contribution in [0.15, 0.2) is 0 Å². The van der Waals surface area contributed by atoms with Crippen LogP contribution in [0.3, 0.4) is 0 Å². The smallest absolute Gasteiger partial charge is 0.223 e. The molecule has 1 amide bonds. The molecule has 3 unspecified atom stereocenters. The molecule has 1 heterocycles. The summed E-state index contributed by atoms with van der Waals surface area (Å²) >= 11 is 0. The van der Waals surface area contributed by atoms with Crippen molar-refractivity contribution in [1.29, 1.82) is 0 Å². The van der Waals surface area contributed by atoms with Gasteiger partial charge in [-0.1, -0.05) is 6.92 Å². The predicted molar refractivity (Wildman–Crippen MR) is 53.7 cm³/mol. The van der Waals surface area contributed by atoms with E-state index in [1.54, 1.807) is 0 Å². The minimum Gasteiger partial charge on any atom is -0.396 e.